The zero-order chi connectivity index (χ0) is 22.9. The highest BCUT2D eigenvalue weighted by Gasteiger charge is 2.32. The second kappa shape index (κ2) is 8.93. The average Bonchev–Trinajstić information content (AvgIpc) is 3.40. The highest BCUT2D eigenvalue weighted by Crippen LogP contribution is 2.36. The Morgan fingerprint density at radius 2 is 2.09 bits per heavy atom. The van der Waals surface area contributed by atoms with Gasteiger partial charge in [0.25, 0.3) is 11.8 Å². The van der Waals surface area contributed by atoms with Crippen molar-refractivity contribution in [1.29, 1.82) is 0 Å². The summed E-state index contributed by atoms with van der Waals surface area (Å²) in [6.45, 7) is 5.28. The Morgan fingerprint density at radius 1 is 1.27 bits per heavy atom. The summed E-state index contributed by atoms with van der Waals surface area (Å²) in [6.07, 6.45) is 3.40. The van der Waals surface area contributed by atoms with E-state index < -0.39 is 6.17 Å². The van der Waals surface area contributed by atoms with Crippen molar-refractivity contribution < 1.29 is 18.7 Å². The van der Waals surface area contributed by atoms with Gasteiger partial charge in [0, 0.05) is 44.4 Å². The molecule has 5 rings (SSSR count). The first-order chi connectivity index (χ1) is 16.0. The molecule has 1 fully saturated rings. The number of nitrogens with zero attached hydrogens (tertiary/aromatic N) is 5. The molecule has 0 spiro atoms. The van der Waals surface area contributed by atoms with Crippen LogP contribution in [0.15, 0.2) is 23.3 Å². The van der Waals surface area contributed by atoms with E-state index in [9.17, 15) is 14.0 Å². The lowest BCUT2D eigenvalue weighted by molar-refractivity contribution is 0.0730. The van der Waals surface area contributed by atoms with Gasteiger partial charge in [-0.2, -0.15) is 5.10 Å². The molecule has 4 heterocycles. The molecule has 1 N–H and O–H groups in total. The minimum atomic E-state index is -1.06. The number of halogens is 1. The van der Waals surface area contributed by atoms with E-state index in [2.05, 4.69) is 20.3 Å². The zero-order valence-corrected chi connectivity index (χ0v) is 18.6. The van der Waals surface area contributed by atoms with Crippen LogP contribution in [-0.2, 0) is 17.8 Å². The number of anilines is 2. The van der Waals surface area contributed by atoms with Crippen molar-refractivity contribution in [2.45, 2.75) is 39.0 Å². The SMILES string of the molecule is CC[C@H](F)CN1Cc2cc(NC(=O)c3cnn4c3N=CCC4)c(N3CCOCC3)cc2C1=O. The average molecular weight is 455 g/mol. The number of nitrogens with one attached hydrogen (secondary N) is 1. The first-order valence-corrected chi connectivity index (χ1v) is 11.4. The molecule has 0 unspecified atom stereocenters. The first kappa shape index (κ1) is 21.6. The maximum absolute atomic E-state index is 14.0. The van der Waals surface area contributed by atoms with Gasteiger partial charge in [0.1, 0.15) is 11.7 Å². The number of aromatic nitrogens is 2. The summed E-state index contributed by atoms with van der Waals surface area (Å²) in [7, 11) is 0. The number of aryl methyl sites for hydroxylation is 1. The zero-order valence-electron chi connectivity index (χ0n) is 18.6. The van der Waals surface area contributed by atoms with Crippen molar-refractivity contribution in [3.05, 3.63) is 35.0 Å². The Kier molecular flexibility index (Phi) is 5.84. The van der Waals surface area contributed by atoms with Crippen molar-refractivity contribution >= 4 is 35.2 Å². The number of morpholine rings is 1. The van der Waals surface area contributed by atoms with E-state index in [0.717, 1.165) is 17.7 Å². The number of alkyl halides is 1. The van der Waals surface area contributed by atoms with E-state index in [1.165, 1.54) is 11.1 Å². The number of hydrogen-bond acceptors (Lipinski definition) is 6. The second-order valence-electron chi connectivity index (χ2n) is 8.48. The van der Waals surface area contributed by atoms with E-state index in [1.807, 2.05) is 12.1 Å². The molecular formula is C23H27FN6O3. The summed E-state index contributed by atoms with van der Waals surface area (Å²) in [5, 5.41) is 7.29. The Balaban J connectivity index is 1.47. The maximum Gasteiger partial charge on any atom is 0.261 e. The fourth-order valence-electron chi connectivity index (χ4n) is 4.45. The van der Waals surface area contributed by atoms with Crippen LogP contribution in [0.2, 0.25) is 0 Å². The normalized spacial score (nSPS) is 18.3. The number of ether oxygens (including phenoxy) is 1. The molecule has 33 heavy (non-hydrogen) atoms. The van der Waals surface area contributed by atoms with Crippen LogP contribution >= 0.6 is 0 Å². The molecule has 0 saturated carbocycles. The van der Waals surface area contributed by atoms with Gasteiger partial charge < -0.3 is 19.9 Å². The van der Waals surface area contributed by atoms with Gasteiger partial charge in [0.2, 0.25) is 0 Å². The molecule has 9 nitrogen and oxygen atoms in total. The van der Waals surface area contributed by atoms with Crippen LogP contribution in [0.3, 0.4) is 0 Å². The predicted octanol–water partition coefficient (Wildman–Crippen LogP) is 2.78. The Hall–Kier alpha value is -3.27. The van der Waals surface area contributed by atoms with Gasteiger partial charge in [-0.15, -0.1) is 0 Å². The van der Waals surface area contributed by atoms with Crippen molar-refractivity contribution in [3.8, 4) is 0 Å². The second-order valence-corrected chi connectivity index (χ2v) is 8.48. The topological polar surface area (TPSA) is 92.1 Å². The third-order valence-electron chi connectivity index (χ3n) is 6.30. The van der Waals surface area contributed by atoms with E-state index in [-0.39, 0.29) is 18.4 Å². The molecule has 3 aliphatic heterocycles. The molecule has 1 saturated heterocycles. The van der Waals surface area contributed by atoms with Crippen molar-refractivity contribution in [2.75, 3.05) is 43.1 Å². The minimum absolute atomic E-state index is 0.0686. The molecule has 1 aromatic carbocycles. The maximum atomic E-state index is 14.0. The standard InChI is InChI=1S/C23H27FN6O3/c1-2-16(24)14-29-13-15-10-19(20(11-17(15)23(29)32)28-6-8-33-9-7-28)27-22(31)18-12-26-30-5-3-4-25-21(18)30/h4,10-12,16H,2-3,5-9,13-14H2,1H3,(H,27,31)/t16-/m0/s1. The van der Waals surface area contributed by atoms with Crippen LogP contribution < -0.4 is 10.2 Å². The van der Waals surface area contributed by atoms with Crippen LogP contribution in [-0.4, -0.2) is 71.7 Å². The fraction of sp³-hybridized carbons (Fsp3) is 0.478. The first-order valence-electron chi connectivity index (χ1n) is 11.4. The lowest BCUT2D eigenvalue weighted by Gasteiger charge is -2.31. The van der Waals surface area contributed by atoms with Crippen LogP contribution in [0.5, 0.6) is 0 Å². The van der Waals surface area contributed by atoms with E-state index in [4.69, 9.17) is 4.74 Å². The van der Waals surface area contributed by atoms with Gasteiger partial charge in [-0.1, -0.05) is 6.92 Å². The molecule has 0 bridgehead atoms. The third kappa shape index (κ3) is 4.10. The van der Waals surface area contributed by atoms with Crippen molar-refractivity contribution in [3.63, 3.8) is 0 Å². The number of aliphatic imine (C=N–C) groups is 1. The number of carbonyl (C=O) groups excluding carboxylic acids is 2. The largest absolute Gasteiger partial charge is 0.378 e. The van der Waals surface area contributed by atoms with Crippen LogP contribution in [0.1, 0.15) is 46.0 Å². The summed E-state index contributed by atoms with van der Waals surface area (Å²) in [5.74, 6) is 0.0667. The summed E-state index contributed by atoms with van der Waals surface area (Å²) in [6, 6.07) is 3.66. The van der Waals surface area contributed by atoms with Crippen LogP contribution in [0, 0.1) is 0 Å². The van der Waals surface area contributed by atoms with E-state index in [1.54, 1.807) is 17.8 Å². The molecule has 3 aliphatic rings. The smallest absolute Gasteiger partial charge is 0.261 e. The molecule has 0 radical (unpaired) electrons. The van der Waals surface area contributed by atoms with E-state index >= 15 is 0 Å². The predicted molar refractivity (Wildman–Crippen MR) is 122 cm³/mol. The lowest BCUT2D eigenvalue weighted by atomic mass is 10.1. The molecule has 10 heteroatoms. The highest BCUT2D eigenvalue weighted by atomic mass is 19.1. The molecule has 2 amide bonds. The quantitative estimate of drug-likeness (QED) is 0.725. The number of hydrogen-bond donors (Lipinski definition) is 1. The van der Waals surface area contributed by atoms with Crippen molar-refractivity contribution in [1.82, 2.24) is 14.7 Å². The van der Waals surface area contributed by atoms with Gasteiger partial charge in [0.15, 0.2) is 5.82 Å². The molecule has 2 aromatic rings. The minimum Gasteiger partial charge on any atom is -0.378 e. The number of fused-ring (bicyclic) bond motifs is 2. The van der Waals surface area contributed by atoms with Gasteiger partial charge in [-0.3, -0.25) is 9.59 Å². The Bertz CT molecular complexity index is 1110. The number of carbonyl (C=O) groups is 2. The molecule has 0 aliphatic carbocycles. The summed E-state index contributed by atoms with van der Waals surface area (Å²) < 4.78 is 21.2. The fourth-order valence-corrected chi connectivity index (χ4v) is 4.45. The number of amides is 2. The van der Waals surface area contributed by atoms with Gasteiger partial charge >= 0.3 is 0 Å². The van der Waals surface area contributed by atoms with Crippen molar-refractivity contribution in [2.24, 2.45) is 4.99 Å². The van der Waals surface area contributed by atoms with Crippen LogP contribution in [0.4, 0.5) is 21.6 Å². The third-order valence-corrected chi connectivity index (χ3v) is 6.30. The monoisotopic (exact) mass is 454 g/mol. The molecule has 1 aromatic heterocycles. The summed E-state index contributed by atoms with van der Waals surface area (Å²) >= 11 is 0. The molecule has 174 valence electrons. The van der Waals surface area contributed by atoms with Gasteiger partial charge in [-0.05, 0) is 24.1 Å². The van der Waals surface area contributed by atoms with Gasteiger partial charge in [0.05, 0.1) is 37.3 Å². The highest BCUT2D eigenvalue weighted by molar-refractivity contribution is 6.10. The Labute approximate surface area is 191 Å². The Morgan fingerprint density at radius 3 is 2.88 bits per heavy atom. The molecular weight excluding hydrogens is 427 g/mol. The van der Waals surface area contributed by atoms with Gasteiger partial charge in [-0.25, -0.2) is 14.1 Å². The lowest BCUT2D eigenvalue weighted by Crippen LogP contribution is -2.37. The van der Waals surface area contributed by atoms with Crippen LogP contribution in [0.25, 0.3) is 0 Å². The molecule has 1 atom stereocenters. The number of benzene rings is 1. The number of rotatable bonds is 6. The van der Waals surface area contributed by atoms with E-state index in [0.29, 0.717) is 68.4 Å². The summed E-state index contributed by atoms with van der Waals surface area (Å²) in [5.41, 5.74) is 3.12. The summed E-state index contributed by atoms with van der Waals surface area (Å²) in [4.78, 5) is 34.1.